The van der Waals surface area contributed by atoms with Crippen LogP contribution in [0.4, 0.5) is 0 Å². The van der Waals surface area contributed by atoms with Crippen molar-refractivity contribution < 1.29 is 63.2 Å². The number of hydrogen-bond donors (Lipinski definition) is 1. The first-order chi connectivity index (χ1) is 43.6. The molecule has 0 saturated carbocycles. The number of rotatable bonds is 9. The van der Waals surface area contributed by atoms with Crippen molar-refractivity contribution in [2.45, 2.75) is 98.2 Å². The molecule has 0 aliphatic carbocycles. The van der Waals surface area contributed by atoms with Gasteiger partial charge in [-0.1, -0.05) is 207 Å². The van der Waals surface area contributed by atoms with Gasteiger partial charge in [0.25, 0.3) is 0 Å². The zero-order chi connectivity index (χ0) is 70.6. The van der Waals surface area contributed by atoms with Crippen LogP contribution in [-0.2, 0) is 43.7 Å². The van der Waals surface area contributed by atoms with E-state index in [1.807, 2.05) is 56.3 Å². The minimum Gasteiger partial charge on any atom is -0.507 e. The van der Waals surface area contributed by atoms with Gasteiger partial charge >= 0.3 is 0 Å². The van der Waals surface area contributed by atoms with Gasteiger partial charge in [-0.3, -0.25) is 9.55 Å². The van der Waals surface area contributed by atoms with E-state index in [1.165, 1.54) is 22.9 Å². The van der Waals surface area contributed by atoms with Crippen LogP contribution in [0.1, 0.15) is 135 Å². The molecule has 9 aromatic rings. The first-order valence-corrected chi connectivity index (χ1v) is 21.9. The minimum absolute atomic E-state index is 0. The standard InChI is InChI=1S/C64H64N3O.Pt/c1-41(2)33-47-37-52(29-30-53(47)44-21-16-13-17-22-44)67-58-24-18-23-54(59(58)66-61(67)55-39-51(63(6,7)8)40-56(60(55)68)64(9,10)11)48-34-46(42-19-14-12-15-20-42)35-49(36-48)57-38-45(31-32-65-57)43-25-27-50(28-26-43)62(3,4)5;/h12-32,34-35,37-41,68H,33H2,1-11H3;/q-1;/i3D3,4D3,5D3,6D3,7D3,8D3,9D3,10D3,11D3;. The zero-order valence-electron chi connectivity index (χ0n) is 64.5. The van der Waals surface area contributed by atoms with Crippen LogP contribution in [-0.4, -0.2) is 19.6 Å². The van der Waals surface area contributed by atoms with Gasteiger partial charge in [0, 0.05) is 81.2 Å². The monoisotopic (exact) mass is 1110 g/mol. The number of benzene rings is 7. The Bertz CT molecular complexity index is 4200. The molecule has 1 N–H and O–H groups in total. The number of pyridine rings is 1. The molecule has 0 atom stereocenters. The van der Waals surface area contributed by atoms with Crippen molar-refractivity contribution in [1.29, 1.82) is 0 Å². The number of aromatic hydroxyl groups is 1. The number of hydrogen-bond acceptors (Lipinski definition) is 3. The summed E-state index contributed by atoms with van der Waals surface area (Å²) in [4.78, 5) is 9.84. The van der Waals surface area contributed by atoms with Gasteiger partial charge in [-0.15, -0.1) is 23.8 Å². The third-order valence-electron chi connectivity index (χ3n) is 11.9. The molecule has 0 spiro atoms. The van der Waals surface area contributed by atoms with Crippen molar-refractivity contribution in [2.75, 3.05) is 0 Å². The summed E-state index contributed by atoms with van der Waals surface area (Å²) >= 11 is 0. The average molecular weight is 1110 g/mol. The van der Waals surface area contributed by atoms with Crippen molar-refractivity contribution in [3.05, 3.63) is 192 Å². The number of fused-ring (bicyclic) bond motifs is 1. The molecule has 0 amide bonds. The van der Waals surface area contributed by atoms with Crippen molar-refractivity contribution in [3.8, 4) is 78.6 Å². The van der Waals surface area contributed by atoms with Crippen molar-refractivity contribution >= 4 is 11.0 Å². The smallest absolute Gasteiger partial charge is 0.148 e. The topological polar surface area (TPSA) is 50.9 Å². The number of phenols is 1. The van der Waals surface area contributed by atoms with E-state index in [4.69, 9.17) is 47.0 Å². The third-order valence-corrected chi connectivity index (χ3v) is 11.9. The number of aromatic nitrogens is 3. The maximum absolute atomic E-state index is 13.1. The molecule has 4 nitrogen and oxygen atoms in total. The Morgan fingerprint density at radius 1 is 0.565 bits per heavy atom. The number of phenolic OH excluding ortho intramolecular Hbond substituents is 1. The summed E-state index contributed by atoms with van der Waals surface area (Å²) in [6.07, 6.45) is 1.91. The van der Waals surface area contributed by atoms with Crippen molar-refractivity contribution in [1.82, 2.24) is 14.5 Å². The summed E-state index contributed by atoms with van der Waals surface area (Å²) in [6.45, 7) is -31.5. The normalized spacial score (nSPS) is 19.6. The van der Waals surface area contributed by atoms with Gasteiger partial charge in [0.2, 0.25) is 0 Å². The van der Waals surface area contributed by atoms with Crippen LogP contribution >= 0.6 is 0 Å². The molecule has 2 aromatic heterocycles. The Hall–Kier alpha value is -6.35. The molecule has 2 heterocycles. The quantitative estimate of drug-likeness (QED) is 0.147. The summed E-state index contributed by atoms with van der Waals surface area (Å²) in [7, 11) is 0. The Balaban J connectivity index is 0.0000118. The number of imidazole rings is 1. The third kappa shape index (κ3) is 10.2. The Labute approximate surface area is 462 Å². The molecule has 0 fully saturated rings. The fourth-order valence-electron chi connectivity index (χ4n) is 8.61. The molecule has 7 aromatic carbocycles. The summed E-state index contributed by atoms with van der Waals surface area (Å²) in [5, 5.41) is 13.1. The second kappa shape index (κ2) is 19.2. The Kier molecular flexibility index (Phi) is 7.10. The number of para-hydroxylation sites is 1. The van der Waals surface area contributed by atoms with E-state index in [-0.39, 0.29) is 55.3 Å². The molecule has 5 heteroatoms. The van der Waals surface area contributed by atoms with Gasteiger partial charge < -0.3 is 5.11 Å². The molecule has 352 valence electrons. The molecular weight excluding hydrogens is 1020 g/mol. The molecule has 0 saturated heterocycles. The predicted octanol–water partition coefficient (Wildman–Crippen LogP) is 17.0. The second-order valence-corrected chi connectivity index (χ2v) is 17.5. The fraction of sp³-hybridized carbons (Fsp3) is 0.250. The largest absolute Gasteiger partial charge is 0.507 e. The van der Waals surface area contributed by atoms with E-state index < -0.39 is 112 Å². The summed E-state index contributed by atoms with van der Waals surface area (Å²) < 4.78 is 234. The van der Waals surface area contributed by atoms with Crippen LogP contribution in [0.2, 0.25) is 0 Å². The summed E-state index contributed by atoms with van der Waals surface area (Å²) in [5.41, 5.74) is -9.60. The number of nitrogens with zero attached hydrogens (tertiary/aromatic N) is 3. The van der Waals surface area contributed by atoms with Gasteiger partial charge in [0.1, 0.15) is 11.6 Å². The van der Waals surface area contributed by atoms with Crippen molar-refractivity contribution in [2.24, 2.45) is 5.92 Å². The predicted molar refractivity (Wildman–Crippen MR) is 287 cm³/mol. The van der Waals surface area contributed by atoms with E-state index in [0.717, 1.165) is 28.8 Å². The van der Waals surface area contributed by atoms with Gasteiger partial charge in [-0.05, 0) is 103 Å². The molecule has 9 rings (SSSR count). The van der Waals surface area contributed by atoms with E-state index in [1.54, 1.807) is 78.9 Å². The van der Waals surface area contributed by atoms with Gasteiger partial charge in [-0.2, -0.15) is 0 Å². The molecule has 0 radical (unpaired) electrons. The second-order valence-electron chi connectivity index (χ2n) is 17.5. The van der Waals surface area contributed by atoms with Gasteiger partial charge in [-0.25, -0.2) is 4.98 Å². The van der Waals surface area contributed by atoms with E-state index >= 15 is 0 Å². The van der Waals surface area contributed by atoms with Crippen LogP contribution in [0.5, 0.6) is 5.75 Å². The van der Waals surface area contributed by atoms with Crippen LogP contribution in [0.3, 0.4) is 0 Å². The Morgan fingerprint density at radius 2 is 1.22 bits per heavy atom. The molecule has 0 unspecified atom stereocenters. The Morgan fingerprint density at radius 3 is 1.90 bits per heavy atom. The SMILES string of the molecule is [2H]C([2H])([2H])C(c1ccc(-c2ccnc(-c3[c-]c(-c4cccc5c4nc(-c4cc(C(C([2H])([2H])[2H])(C([2H])([2H])[2H])C([2H])([2H])[2H])cc(C(C([2H])([2H])[2H])(C([2H])([2H])[2H])C([2H])([2H])[2H])c4O)n5-c4ccc(-c5ccccc5)c(CC(C)C)c4)cc(-c4ccccc4)c3)c2)cc1)(C([2H])([2H])[2H])C([2H])([2H])[2H].[Pt]. The molecular formula is C64H64N3OPt-. The molecule has 0 bridgehead atoms. The molecule has 0 aliphatic heterocycles. The van der Waals surface area contributed by atoms with Crippen LogP contribution < -0.4 is 0 Å². The van der Waals surface area contributed by atoms with Crippen LogP contribution in [0.15, 0.2) is 164 Å². The first kappa shape index (κ1) is 25.5. The van der Waals surface area contributed by atoms with Gasteiger partial charge in [0.05, 0.1) is 16.6 Å². The van der Waals surface area contributed by atoms with Crippen LogP contribution in [0.25, 0.3) is 83.9 Å². The van der Waals surface area contributed by atoms with E-state index in [2.05, 4.69) is 6.07 Å². The molecule has 69 heavy (non-hydrogen) atoms. The zero-order valence-corrected chi connectivity index (χ0v) is 39.8. The first-order valence-electron chi connectivity index (χ1n) is 35.4. The maximum Gasteiger partial charge on any atom is 0.148 e. The maximum atomic E-state index is 13.1. The van der Waals surface area contributed by atoms with Gasteiger partial charge in [0.15, 0.2) is 0 Å². The summed E-state index contributed by atoms with van der Waals surface area (Å²) in [6, 6.07) is 44.8. The molecule has 0 aliphatic rings. The minimum atomic E-state index is -4.21. The van der Waals surface area contributed by atoms with Crippen LogP contribution in [0, 0.1) is 12.0 Å². The average Bonchev–Trinajstić information content (AvgIpc) is 0.800. The van der Waals surface area contributed by atoms with E-state index in [0.29, 0.717) is 51.6 Å². The van der Waals surface area contributed by atoms with E-state index in [9.17, 15) is 5.11 Å². The fourth-order valence-corrected chi connectivity index (χ4v) is 8.61. The summed E-state index contributed by atoms with van der Waals surface area (Å²) in [5.74, 6) is -1.92. The van der Waals surface area contributed by atoms with Crippen molar-refractivity contribution in [3.63, 3.8) is 0 Å².